The zero-order chi connectivity index (χ0) is 27.7. The van der Waals surface area contributed by atoms with Gasteiger partial charge in [-0.05, 0) is 36.4 Å². The van der Waals surface area contributed by atoms with Gasteiger partial charge >= 0.3 is 0 Å². The largest absolute Gasteiger partial charge is 0.497 e. The number of aromatic amines is 2. The summed E-state index contributed by atoms with van der Waals surface area (Å²) >= 11 is 0. The second-order valence-electron chi connectivity index (χ2n) is 8.63. The fourth-order valence-corrected chi connectivity index (χ4v) is 5.65. The lowest BCUT2D eigenvalue weighted by Gasteiger charge is -2.26. The number of fused-ring (bicyclic) bond motifs is 1. The first kappa shape index (κ1) is 26.1. The molecule has 39 heavy (non-hydrogen) atoms. The molecule has 0 fully saturated rings. The van der Waals surface area contributed by atoms with Gasteiger partial charge in [-0.3, -0.25) is 14.7 Å². The van der Waals surface area contributed by atoms with Crippen LogP contribution < -0.4 is 15.4 Å². The van der Waals surface area contributed by atoms with E-state index in [2.05, 4.69) is 25.8 Å². The molecule has 0 unspecified atom stereocenters. The number of amides is 2. The number of benzene rings is 2. The third-order valence-corrected chi connectivity index (χ3v) is 7.99. The summed E-state index contributed by atoms with van der Waals surface area (Å²) in [6.07, 6.45) is 1.82. The van der Waals surface area contributed by atoms with Gasteiger partial charge in [0.05, 0.1) is 23.3 Å². The van der Waals surface area contributed by atoms with E-state index < -0.39 is 38.4 Å². The van der Waals surface area contributed by atoms with E-state index in [0.717, 1.165) is 16.4 Å². The van der Waals surface area contributed by atoms with Crippen LogP contribution in [-0.4, -0.2) is 53.4 Å². The molecule has 1 aliphatic heterocycles. The minimum absolute atomic E-state index is 0.0381. The number of halogens is 2. The Bertz CT molecular complexity index is 1650. The summed E-state index contributed by atoms with van der Waals surface area (Å²) in [6, 6.07) is 9.81. The minimum atomic E-state index is -4.24. The first-order chi connectivity index (χ1) is 18.7. The average Bonchev–Trinajstić information content (AvgIpc) is 3.58. The number of H-pyrrole nitrogens is 2. The lowest BCUT2D eigenvalue weighted by atomic mass is 10.1. The Morgan fingerprint density at radius 2 is 1.82 bits per heavy atom. The summed E-state index contributed by atoms with van der Waals surface area (Å²) in [5.41, 5.74) is 1.57. The van der Waals surface area contributed by atoms with E-state index in [1.54, 1.807) is 24.4 Å². The topological polar surface area (TPSA) is 149 Å². The highest BCUT2D eigenvalue weighted by Gasteiger charge is 2.32. The fraction of sp³-hybridized carbons (Fsp3) is 0.160. The first-order valence-electron chi connectivity index (χ1n) is 11.6. The lowest BCUT2D eigenvalue weighted by Crippen LogP contribution is -2.36. The van der Waals surface area contributed by atoms with Crippen molar-refractivity contribution in [1.82, 2.24) is 19.5 Å². The van der Waals surface area contributed by atoms with Crippen molar-refractivity contribution in [3.63, 3.8) is 0 Å². The standard InChI is InChI=1S/C25H22F2N6O5S/c1-38-16-4-5-18(22(12-16)29-25(35)21-3-2-7-28-21)24(34)30-23-19-13-33(8-6-20(19)31-32-23)39(36,37)17-10-14(26)9-15(27)11-17/h2-5,7,9-12,28H,6,8,13H2,1H3,(H,29,35)(H2,30,31,32,34). The molecule has 0 aliphatic carbocycles. The van der Waals surface area contributed by atoms with Crippen LogP contribution in [0.4, 0.5) is 20.3 Å². The van der Waals surface area contributed by atoms with Crippen LogP contribution in [0, 0.1) is 11.6 Å². The summed E-state index contributed by atoms with van der Waals surface area (Å²) in [4.78, 5) is 28.2. The van der Waals surface area contributed by atoms with Gasteiger partial charge in [-0.25, -0.2) is 17.2 Å². The Kier molecular flexibility index (Phi) is 6.89. The molecule has 4 aromatic rings. The van der Waals surface area contributed by atoms with Crippen LogP contribution in [0.2, 0.25) is 0 Å². The Morgan fingerprint density at radius 3 is 2.51 bits per heavy atom. The predicted octanol–water partition coefficient (Wildman–Crippen LogP) is 3.28. The van der Waals surface area contributed by atoms with E-state index in [4.69, 9.17) is 4.74 Å². The SMILES string of the molecule is COc1ccc(C(=O)Nc2n[nH]c3c2CN(S(=O)(=O)c2cc(F)cc(F)c2)CC3)c(NC(=O)c2ccc[nH]2)c1. The molecule has 2 aromatic carbocycles. The zero-order valence-electron chi connectivity index (χ0n) is 20.4. The van der Waals surface area contributed by atoms with Crippen molar-refractivity contribution in [2.24, 2.45) is 0 Å². The summed E-state index contributed by atoms with van der Waals surface area (Å²) < 4.78 is 59.9. The summed E-state index contributed by atoms with van der Waals surface area (Å²) in [5.74, 6) is -2.64. The van der Waals surface area contributed by atoms with E-state index in [1.165, 1.54) is 19.2 Å². The first-order valence-corrected chi connectivity index (χ1v) is 13.1. The minimum Gasteiger partial charge on any atom is -0.497 e. The molecular formula is C25H22F2N6O5S. The molecule has 202 valence electrons. The molecule has 0 atom stereocenters. The van der Waals surface area contributed by atoms with Crippen molar-refractivity contribution in [3.05, 3.63) is 88.9 Å². The zero-order valence-corrected chi connectivity index (χ0v) is 21.2. The number of aromatic nitrogens is 3. The highest BCUT2D eigenvalue weighted by atomic mass is 32.2. The van der Waals surface area contributed by atoms with Crippen LogP contribution in [0.3, 0.4) is 0 Å². The maximum Gasteiger partial charge on any atom is 0.272 e. The number of hydrogen-bond donors (Lipinski definition) is 4. The molecule has 0 spiro atoms. The van der Waals surface area contributed by atoms with Crippen LogP contribution in [0.15, 0.2) is 59.6 Å². The third-order valence-electron chi connectivity index (χ3n) is 6.17. The van der Waals surface area contributed by atoms with E-state index in [-0.39, 0.29) is 42.3 Å². The highest BCUT2D eigenvalue weighted by Crippen LogP contribution is 2.30. The van der Waals surface area contributed by atoms with Crippen molar-refractivity contribution in [1.29, 1.82) is 0 Å². The molecule has 2 amide bonds. The number of nitrogens with zero attached hydrogens (tertiary/aromatic N) is 2. The van der Waals surface area contributed by atoms with Gasteiger partial charge in [0.1, 0.15) is 23.1 Å². The molecule has 5 rings (SSSR count). The van der Waals surface area contributed by atoms with Crippen LogP contribution in [0.1, 0.15) is 32.1 Å². The maximum absolute atomic E-state index is 13.7. The van der Waals surface area contributed by atoms with Crippen LogP contribution in [-0.2, 0) is 23.0 Å². The van der Waals surface area contributed by atoms with E-state index in [1.807, 2.05) is 0 Å². The van der Waals surface area contributed by atoms with Gasteiger partial charge in [0.25, 0.3) is 11.8 Å². The van der Waals surface area contributed by atoms with Crippen molar-refractivity contribution < 1.29 is 31.5 Å². The second kappa shape index (κ2) is 10.3. The summed E-state index contributed by atoms with van der Waals surface area (Å²) in [7, 11) is -2.80. The Balaban J connectivity index is 1.39. The van der Waals surface area contributed by atoms with Crippen LogP contribution in [0.25, 0.3) is 0 Å². The quantitative estimate of drug-likeness (QED) is 0.275. The van der Waals surface area contributed by atoms with Gasteiger partial charge in [0.2, 0.25) is 10.0 Å². The molecule has 2 aromatic heterocycles. The number of carbonyl (C=O) groups is 2. The van der Waals surface area contributed by atoms with Gasteiger partial charge in [-0.1, -0.05) is 0 Å². The molecule has 11 nitrogen and oxygen atoms in total. The van der Waals surface area contributed by atoms with Gasteiger partial charge in [0, 0.05) is 49.1 Å². The van der Waals surface area contributed by atoms with Crippen LogP contribution in [0.5, 0.6) is 5.75 Å². The molecule has 0 saturated carbocycles. The monoisotopic (exact) mass is 556 g/mol. The molecule has 4 N–H and O–H groups in total. The number of ether oxygens (including phenoxy) is 1. The maximum atomic E-state index is 13.7. The summed E-state index contributed by atoms with van der Waals surface area (Å²) in [5, 5.41) is 12.3. The van der Waals surface area contributed by atoms with E-state index in [0.29, 0.717) is 23.1 Å². The number of hydrogen-bond acceptors (Lipinski definition) is 6. The van der Waals surface area contributed by atoms with Crippen LogP contribution >= 0.6 is 0 Å². The average molecular weight is 557 g/mol. The Morgan fingerprint density at radius 1 is 1.05 bits per heavy atom. The van der Waals surface area contributed by atoms with Gasteiger partial charge in [0.15, 0.2) is 5.82 Å². The molecule has 14 heteroatoms. The van der Waals surface area contributed by atoms with Gasteiger partial charge in [-0.2, -0.15) is 9.40 Å². The lowest BCUT2D eigenvalue weighted by molar-refractivity contribution is 0.102. The fourth-order valence-electron chi connectivity index (χ4n) is 4.19. The third kappa shape index (κ3) is 5.24. The molecule has 0 saturated heterocycles. The van der Waals surface area contributed by atoms with Gasteiger partial charge in [-0.15, -0.1) is 0 Å². The smallest absolute Gasteiger partial charge is 0.272 e. The second-order valence-corrected chi connectivity index (χ2v) is 10.6. The number of anilines is 2. The number of carbonyl (C=O) groups excluding carboxylic acids is 2. The Hall–Kier alpha value is -4.56. The normalized spacial score (nSPS) is 13.5. The number of nitrogens with one attached hydrogen (secondary N) is 4. The molecule has 3 heterocycles. The van der Waals surface area contributed by atoms with Crippen molar-refractivity contribution in [2.75, 3.05) is 24.3 Å². The van der Waals surface area contributed by atoms with E-state index in [9.17, 15) is 26.8 Å². The molecule has 1 aliphatic rings. The van der Waals surface area contributed by atoms with Crippen molar-refractivity contribution in [2.45, 2.75) is 17.9 Å². The predicted molar refractivity (Wildman–Crippen MR) is 136 cm³/mol. The molecular weight excluding hydrogens is 534 g/mol. The van der Waals surface area contributed by atoms with Crippen molar-refractivity contribution >= 4 is 33.3 Å². The van der Waals surface area contributed by atoms with Gasteiger partial charge < -0.3 is 20.4 Å². The molecule has 0 radical (unpaired) electrons. The highest BCUT2D eigenvalue weighted by molar-refractivity contribution is 7.89. The van der Waals surface area contributed by atoms with E-state index >= 15 is 0 Å². The summed E-state index contributed by atoms with van der Waals surface area (Å²) in [6.45, 7) is -0.155. The number of methoxy groups -OCH3 is 1. The molecule has 0 bridgehead atoms. The van der Waals surface area contributed by atoms with Crippen molar-refractivity contribution in [3.8, 4) is 5.75 Å². The Labute approximate surface area is 221 Å². The number of sulfonamides is 1. The number of rotatable bonds is 7.